The predicted molar refractivity (Wildman–Crippen MR) is 68.5 cm³/mol. The van der Waals surface area contributed by atoms with E-state index in [-0.39, 0.29) is 28.9 Å². The van der Waals surface area contributed by atoms with Gasteiger partial charge in [0, 0.05) is 5.56 Å². The summed E-state index contributed by atoms with van der Waals surface area (Å²) < 4.78 is 19.3. The van der Waals surface area contributed by atoms with E-state index >= 15 is 0 Å². The molecule has 0 aliphatic rings. The van der Waals surface area contributed by atoms with Crippen LogP contribution in [0.2, 0.25) is 5.15 Å². The van der Waals surface area contributed by atoms with Gasteiger partial charge in [-0.3, -0.25) is 0 Å². The molecule has 100 valence electrons. The molecule has 2 N–H and O–H groups in total. The molecule has 0 radical (unpaired) electrons. The van der Waals surface area contributed by atoms with Crippen molar-refractivity contribution in [2.24, 2.45) is 0 Å². The number of nitrogen functional groups attached to an aromatic ring is 1. The van der Waals surface area contributed by atoms with Crippen molar-refractivity contribution in [1.29, 1.82) is 0 Å². The van der Waals surface area contributed by atoms with Gasteiger partial charge in [0.1, 0.15) is 11.5 Å². The zero-order valence-corrected chi connectivity index (χ0v) is 10.8. The van der Waals surface area contributed by atoms with Gasteiger partial charge in [-0.25, -0.2) is 13.9 Å². The summed E-state index contributed by atoms with van der Waals surface area (Å²) in [5.41, 5.74) is 5.99. The summed E-state index contributed by atoms with van der Waals surface area (Å²) in [6, 6.07) is 6.21. The molecule has 0 aliphatic carbocycles. The Morgan fingerprint density at radius 1 is 1.53 bits per heavy atom. The first kappa shape index (κ1) is 13.4. The van der Waals surface area contributed by atoms with Crippen LogP contribution in [0.25, 0.3) is 0 Å². The summed E-state index contributed by atoms with van der Waals surface area (Å²) in [5, 5.41) is 4.01. The maximum Gasteiger partial charge on any atom is 0.360 e. The number of rotatable bonds is 3. The number of carbonyl (C=O) groups excluding carboxylic acids is 1. The molecule has 0 bridgehead atoms. The molecule has 0 fully saturated rings. The maximum absolute atomic E-state index is 13.5. The molecule has 1 aromatic heterocycles. The molecular formula is C12H11ClFN3O2. The Bertz CT molecular complexity index is 627. The first-order valence-electron chi connectivity index (χ1n) is 5.38. The zero-order valence-electron chi connectivity index (χ0n) is 10.1. The van der Waals surface area contributed by atoms with Crippen LogP contribution in [0.3, 0.4) is 0 Å². The third-order valence-corrected chi connectivity index (χ3v) is 2.98. The van der Waals surface area contributed by atoms with Crippen molar-refractivity contribution in [3.8, 4) is 0 Å². The van der Waals surface area contributed by atoms with Crippen molar-refractivity contribution >= 4 is 23.3 Å². The molecule has 2 rings (SSSR count). The summed E-state index contributed by atoms with van der Waals surface area (Å²) in [4.78, 5) is 11.4. The maximum atomic E-state index is 13.5. The first-order chi connectivity index (χ1) is 9.04. The van der Waals surface area contributed by atoms with E-state index in [1.807, 2.05) is 0 Å². The van der Waals surface area contributed by atoms with E-state index < -0.39 is 5.97 Å². The Balaban J connectivity index is 2.37. The van der Waals surface area contributed by atoms with Gasteiger partial charge < -0.3 is 10.5 Å². The summed E-state index contributed by atoms with van der Waals surface area (Å²) in [7, 11) is 1.21. The number of nitrogens with two attached hydrogens (primary N) is 1. The number of halogens is 2. The minimum atomic E-state index is -0.688. The number of hydrogen-bond acceptors (Lipinski definition) is 4. The predicted octanol–water partition coefficient (Wildman–Crippen LogP) is 2.09. The lowest BCUT2D eigenvalue weighted by Crippen LogP contribution is -2.07. The van der Waals surface area contributed by atoms with E-state index in [0.29, 0.717) is 5.56 Å². The fourth-order valence-electron chi connectivity index (χ4n) is 1.60. The van der Waals surface area contributed by atoms with Gasteiger partial charge in [-0.15, -0.1) is 0 Å². The number of esters is 1. The zero-order chi connectivity index (χ0) is 14.0. The fourth-order valence-corrected chi connectivity index (χ4v) is 1.78. The molecule has 0 saturated carbocycles. The fraction of sp³-hybridized carbons (Fsp3) is 0.167. The molecule has 0 spiro atoms. The lowest BCUT2D eigenvalue weighted by molar-refractivity contribution is 0.0594. The van der Waals surface area contributed by atoms with Gasteiger partial charge in [0.2, 0.25) is 0 Å². The van der Waals surface area contributed by atoms with Gasteiger partial charge in [-0.05, 0) is 6.07 Å². The third kappa shape index (κ3) is 2.53. The number of nitrogens with zero attached hydrogens (tertiary/aromatic N) is 2. The Labute approximate surface area is 113 Å². The number of methoxy groups -OCH3 is 1. The van der Waals surface area contributed by atoms with Crippen molar-refractivity contribution in [2.75, 3.05) is 12.8 Å². The van der Waals surface area contributed by atoms with Crippen molar-refractivity contribution in [3.63, 3.8) is 0 Å². The highest BCUT2D eigenvalue weighted by atomic mass is 35.5. The number of carbonyl (C=O) groups is 1. The van der Waals surface area contributed by atoms with Gasteiger partial charge in [-0.1, -0.05) is 29.8 Å². The molecule has 2 aromatic rings. The minimum absolute atomic E-state index is 0.0184. The number of aromatic nitrogens is 2. The standard InChI is InChI=1S/C12H11ClFN3O2/c1-19-12(18)10-9(15)11(13)17(16-10)6-7-4-2-3-5-8(7)14/h2-5H,6,15H2,1H3. The van der Waals surface area contributed by atoms with E-state index in [1.165, 1.54) is 17.9 Å². The van der Waals surface area contributed by atoms with E-state index in [9.17, 15) is 9.18 Å². The van der Waals surface area contributed by atoms with Gasteiger partial charge in [0.15, 0.2) is 10.8 Å². The summed E-state index contributed by atoms with van der Waals surface area (Å²) in [6.07, 6.45) is 0. The third-order valence-electron chi connectivity index (χ3n) is 2.58. The molecule has 1 heterocycles. The number of ether oxygens (including phenoxy) is 1. The Hall–Kier alpha value is -2.08. The number of anilines is 1. The highest BCUT2D eigenvalue weighted by Crippen LogP contribution is 2.24. The van der Waals surface area contributed by atoms with Gasteiger partial charge >= 0.3 is 5.97 Å². The topological polar surface area (TPSA) is 70.1 Å². The lowest BCUT2D eigenvalue weighted by Gasteiger charge is -2.04. The van der Waals surface area contributed by atoms with E-state index in [0.717, 1.165) is 0 Å². The van der Waals surface area contributed by atoms with E-state index in [4.69, 9.17) is 17.3 Å². The molecule has 19 heavy (non-hydrogen) atoms. The van der Waals surface area contributed by atoms with Crippen molar-refractivity contribution in [2.45, 2.75) is 6.54 Å². The molecule has 0 atom stereocenters. The molecule has 0 unspecified atom stereocenters. The van der Waals surface area contributed by atoms with Crippen LogP contribution in [0.4, 0.5) is 10.1 Å². The van der Waals surface area contributed by atoms with Crippen molar-refractivity contribution in [3.05, 3.63) is 46.5 Å². The van der Waals surface area contributed by atoms with Gasteiger partial charge in [0.25, 0.3) is 0 Å². The Kier molecular flexibility index (Phi) is 3.71. The average molecular weight is 284 g/mol. The molecule has 5 nitrogen and oxygen atoms in total. The highest BCUT2D eigenvalue weighted by Gasteiger charge is 2.20. The Morgan fingerprint density at radius 2 is 2.21 bits per heavy atom. The largest absolute Gasteiger partial charge is 0.464 e. The second-order valence-electron chi connectivity index (χ2n) is 3.79. The van der Waals surface area contributed by atoms with Crippen LogP contribution in [0.5, 0.6) is 0 Å². The van der Waals surface area contributed by atoms with E-state index in [1.54, 1.807) is 18.2 Å². The highest BCUT2D eigenvalue weighted by molar-refractivity contribution is 6.32. The van der Waals surface area contributed by atoms with Crippen LogP contribution in [0.1, 0.15) is 16.1 Å². The van der Waals surface area contributed by atoms with Crippen LogP contribution < -0.4 is 5.73 Å². The lowest BCUT2D eigenvalue weighted by atomic mass is 10.2. The van der Waals surface area contributed by atoms with Crippen LogP contribution in [0.15, 0.2) is 24.3 Å². The molecule has 0 saturated heterocycles. The van der Waals surface area contributed by atoms with Gasteiger partial charge in [-0.2, -0.15) is 5.10 Å². The molecule has 0 aliphatic heterocycles. The van der Waals surface area contributed by atoms with Crippen LogP contribution in [-0.4, -0.2) is 22.9 Å². The number of hydrogen-bond donors (Lipinski definition) is 1. The first-order valence-corrected chi connectivity index (χ1v) is 5.76. The van der Waals surface area contributed by atoms with Crippen LogP contribution in [-0.2, 0) is 11.3 Å². The quantitative estimate of drug-likeness (QED) is 0.876. The minimum Gasteiger partial charge on any atom is -0.464 e. The van der Waals surface area contributed by atoms with Crippen molar-refractivity contribution in [1.82, 2.24) is 9.78 Å². The monoisotopic (exact) mass is 283 g/mol. The van der Waals surface area contributed by atoms with Crippen molar-refractivity contribution < 1.29 is 13.9 Å². The van der Waals surface area contributed by atoms with E-state index in [2.05, 4.69) is 9.84 Å². The van der Waals surface area contributed by atoms with Crippen LogP contribution >= 0.6 is 11.6 Å². The molecule has 1 aromatic carbocycles. The molecule has 0 amide bonds. The molecular weight excluding hydrogens is 273 g/mol. The Morgan fingerprint density at radius 3 is 2.84 bits per heavy atom. The molecule has 7 heteroatoms. The number of benzene rings is 1. The summed E-state index contributed by atoms with van der Waals surface area (Å²) in [5.74, 6) is -1.07. The summed E-state index contributed by atoms with van der Waals surface area (Å²) in [6.45, 7) is 0.0761. The average Bonchev–Trinajstić information content (AvgIpc) is 2.69. The van der Waals surface area contributed by atoms with Crippen LogP contribution in [0, 0.1) is 5.82 Å². The second-order valence-corrected chi connectivity index (χ2v) is 4.15. The second kappa shape index (κ2) is 5.27. The normalized spacial score (nSPS) is 10.5. The summed E-state index contributed by atoms with van der Waals surface area (Å²) >= 11 is 5.96. The smallest absolute Gasteiger partial charge is 0.360 e. The van der Waals surface area contributed by atoms with Gasteiger partial charge in [0.05, 0.1) is 13.7 Å². The SMILES string of the molecule is COC(=O)c1nn(Cc2ccccc2F)c(Cl)c1N.